The minimum Gasteiger partial charge on any atom is -0.386 e. The van der Waals surface area contributed by atoms with E-state index in [1.807, 2.05) is 31.1 Å². The van der Waals surface area contributed by atoms with Gasteiger partial charge < -0.3 is 9.84 Å². The fraction of sp³-hybridized carbons (Fsp3) is 0.417. The van der Waals surface area contributed by atoms with Gasteiger partial charge in [-0.15, -0.1) is 0 Å². The number of nitriles is 1. The Bertz CT molecular complexity index is 416. The lowest BCUT2D eigenvalue weighted by molar-refractivity contribution is -0.0224. The average molecular weight is 215 g/mol. The predicted octanol–water partition coefficient (Wildman–Crippen LogP) is 1.98. The molecule has 4 heteroatoms. The highest BCUT2D eigenvalue weighted by Crippen LogP contribution is 2.35. The molecule has 2 rings (SSSR count). The van der Waals surface area contributed by atoms with Crippen LogP contribution in [0.2, 0.25) is 13.1 Å². The van der Waals surface area contributed by atoms with Crippen LogP contribution in [0, 0.1) is 11.2 Å². The first-order chi connectivity index (χ1) is 7.72. The molecule has 1 aliphatic heterocycles. The van der Waals surface area contributed by atoms with Crippen molar-refractivity contribution in [3.63, 3.8) is 0 Å². The molecule has 16 heavy (non-hydrogen) atoms. The van der Waals surface area contributed by atoms with Crippen LogP contribution in [0.1, 0.15) is 23.3 Å². The number of hydrogen-bond acceptors (Lipinski definition) is 3. The largest absolute Gasteiger partial charge is 0.386 e. The van der Waals surface area contributed by atoms with Crippen molar-refractivity contribution in [2.24, 2.45) is 0 Å². The summed E-state index contributed by atoms with van der Waals surface area (Å²) in [4.78, 5) is 0. The molecular formula is C12H14BNO2. The van der Waals surface area contributed by atoms with Crippen LogP contribution in [0.5, 0.6) is 0 Å². The van der Waals surface area contributed by atoms with Crippen LogP contribution in [-0.2, 0) is 4.74 Å². The third kappa shape index (κ3) is 2.11. The van der Waals surface area contributed by atoms with Crippen molar-refractivity contribution >= 4 is 6.71 Å². The van der Waals surface area contributed by atoms with Gasteiger partial charge in [-0.25, -0.2) is 5.26 Å². The van der Waals surface area contributed by atoms with Gasteiger partial charge in [0.1, 0.15) is 6.10 Å². The number of ether oxygens (including phenoxy) is 1. The van der Waals surface area contributed by atoms with Gasteiger partial charge in [-0.1, -0.05) is 31.1 Å². The monoisotopic (exact) mass is 215 g/mol. The van der Waals surface area contributed by atoms with Crippen LogP contribution in [0.25, 0.3) is 0 Å². The summed E-state index contributed by atoms with van der Waals surface area (Å²) >= 11 is 0. The zero-order chi connectivity index (χ0) is 11.5. The fourth-order valence-electron chi connectivity index (χ4n) is 2.06. The highest BCUT2D eigenvalue weighted by molar-refractivity contribution is 6.65. The third-order valence-electron chi connectivity index (χ3n) is 2.95. The molecule has 0 aliphatic carbocycles. The molecule has 1 heterocycles. The molecule has 0 aromatic heterocycles. The topological polar surface area (TPSA) is 53.2 Å². The maximum atomic E-state index is 9.78. The minimum absolute atomic E-state index is 0.0340. The van der Waals surface area contributed by atoms with Crippen LogP contribution in [-0.4, -0.2) is 18.4 Å². The Morgan fingerprint density at radius 1 is 1.50 bits per heavy atom. The third-order valence-corrected chi connectivity index (χ3v) is 2.95. The second kappa shape index (κ2) is 4.69. The minimum atomic E-state index is -0.537. The lowest BCUT2D eigenvalue weighted by atomic mass is 9.49. The molecular weight excluding hydrogens is 201 g/mol. The molecule has 2 atom stereocenters. The second-order valence-electron chi connectivity index (χ2n) is 4.23. The highest BCUT2D eigenvalue weighted by atomic mass is 16.5. The van der Waals surface area contributed by atoms with Crippen LogP contribution in [0.15, 0.2) is 24.3 Å². The van der Waals surface area contributed by atoms with E-state index in [9.17, 15) is 5.11 Å². The van der Waals surface area contributed by atoms with E-state index in [0.29, 0.717) is 12.9 Å². The lowest BCUT2D eigenvalue weighted by Crippen LogP contribution is -2.23. The highest BCUT2D eigenvalue weighted by Gasteiger charge is 2.28. The second-order valence-corrected chi connectivity index (χ2v) is 4.23. The Labute approximate surface area is 95.7 Å². The SMILES string of the molecule is CB(C#N)CC1OCC(O)c2ccccc21. The molecule has 0 amide bonds. The van der Waals surface area contributed by atoms with Crippen molar-refractivity contribution in [1.82, 2.24) is 0 Å². The molecule has 0 bridgehead atoms. The van der Waals surface area contributed by atoms with Gasteiger partial charge in [0.15, 0.2) is 0 Å². The number of fused-ring (bicyclic) bond motifs is 1. The van der Waals surface area contributed by atoms with Crippen molar-refractivity contribution in [1.29, 1.82) is 5.26 Å². The van der Waals surface area contributed by atoms with Gasteiger partial charge in [0.25, 0.3) is 6.71 Å². The first-order valence-electron chi connectivity index (χ1n) is 5.50. The summed E-state index contributed by atoms with van der Waals surface area (Å²) in [5.41, 5.74) is 1.95. The number of rotatable bonds is 2. The van der Waals surface area contributed by atoms with E-state index in [2.05, 4.69) is 5.97 Å². The molecule has 0 radical (unpaired) electrons. The quantitative estimate of drug-likeness (QED) is 0.767. The van der Waals surface area contributed by atoms with Gasteiger partial charge in [-0.2, -0.15) is 0 Å². The molecule has 1 aliphatic rings. The van der Waals surface area contributed by atoms with Gasteiger partial charge >= 0.3 is 0 Å². The molecule has 1 N–H and O–H groups in total. The van der Waals surface area contributed by atoms with Crippen molar-refractivity contribution in [3.05, 3.63) is 35.4 Å². The molecule has 0 saturated heterocycles. The van der Waals surface area contributed by atoms with Gasteiger partial charge in [0, 0.05) is 5.97 Å². The molecule has 0 saturated carbocycles. The van der Waals surface area contributed by atoms with E-state index in [4.69, 9.17) is 10.00 Å². The smallest absolute Gasteiger partial charge is 0.267 e. The summed E-state index contributed by atoms with van der Waals surface area (Å²) in [5.74, 6) is 2.21. The normalized spacial score (nSPS) is 23.3. The van der Waals surface area contributed by atoms with Crippen LogP contribution >= 0.6 is 0 Å². The molecule has 2 unspecified atom stereocenters. The summed E-state index contributed by atoms with van der Waals surface area (Å²) < 4.78 is 5.59. The number of aliphatic hydroxyl groups excluding tert-OH is 1. The average Bonchev–Trinajstić information content (AvgIpc) is 2.33. The molecule has 82 valence electrons. The fourth-order valence-corrected chi connectivity index (χ4v) is 2.06. The van der Waals surface area contributed by atoms with Crippen LogP contribution in [0.3, 0.4) is 0 Å². The van der Waals surface area contributed by atoms with E-state index in [1.165, 1.54) is 0 Å². The Morgan fingerprint density at radius 2 is 2.19 bits per heavy atom. The van der Waals surface area contributed by atoms with E-state index in [1.54, 1.807) is 0 Å². The number of hydrogen-bond donors (Lipinski definition) is 1. The van der Waals surface area contributed by atoms with E-state index in [0.717, 1.165) is 11.1 Å². The number of nitrogens with zero attached hydrogens (tertiary/aromatic N) is 1. The summed E-state index contributed by atoms with van der Waals surface area (Å²) in [6, 6.07) is 7.74. The van der Waals surface area contributed by atoms with E-state index >= 15 is 0 Å². The van der Waals surface area contributed by atoms with Gasteiger partial charge in [0.2, 0.25) is 0 Å². The maximum Gasteiger partial charge on any atom is 0.267 e. The van der Waals surface area contributed by atoms with E-state index < -0.39 is 6.10 Å². The van der Waals surface area contributed by atoms with Gasteiger partial charge in [-0.3, -0.25) is 0 Å². The molecule has 3 nitrogen and oxygen atoms in total. The van der Waals surface area contributed by atoms with Crippen molar-refractivity contribution in [2.75, 3.05) is 6.61 Å². The first kappa shape index (κ1) is 11.2. The zero-order valence-electron chi connectivity index (χ0n) is 9.26. The summed E-state index contributed by atoms with van der Waals surface area (Å²) in [5, 5.41) is 18.6. The number of benzene rings is 1. The summed E-state index contributed by atoms with van der Waals surface area (Å²) in [6.45, 7) is 2.17. The lowest BCUT2D eigenvalue weighted by Gasteiger charge is -2.29. The molecule has 1 aromatic rings. The maximum absolute atomic E-state index is 9.78. The van der Waals surface area contributed by atoms with Crippen LogP contribution < -0.4 is 0 Å². The van der Waals surface area contributed by atoms with E-state index in [-0.39, 0.29) is 12.8 Å². The first-order valence-corrected chi connectivity index (χ1v) is 5.50. The van der Waals surface area contributed by atoms with Gasteiger partial charge in [-0.05, 0) is 17.4 Å². The van der Waals surface area contributed by atoms with Crippen molar-refractivity contribution in [2.45, 2.75) is 25.4 Å². The number of aliphatic hydroxyl groups is 1. The Kier molecular flexibility index (Phi) is 3.28. The Hall–Kier alpha value is -1.31. The summed E-state index contributed by atoms with van der Waals surface area (Å²) in [6.07, 6.45) is 0.0827. The van der Waals surface area contributed by atoms with Gasteiger partial charge in [0.05, 0.1) is 12.7 Å². The molecule has 1 aromatic carbocycles. The van der Waals surface area contributed by atoms with Crippen molar-refractivity contribution in [3.8, 4) is 5.97 Å². The van der Waals surface area contributed by atoms with Crippen LogP contribution in [0.4, 0.5) is 0 Å². The Morgan fingerprint density at radius 3 is 2.88 bits per heavy atom. The Balaban J connectivity index is 2.25. The summed E-state index contributed by atoms with van der Waals surface area (Å²) in [7, 11) is 0. The molecule has 0 fully saturated rings. The predicted molar refractivity (Wildman–Crippen MR) is 62.1 cm³/mol. The zero-order valence-corrected chi connectivity index (χ0v) is 9.26. The van der Waals surface area contributed by atoms with Crippen molar-refractivity contribution < 1.29 is 9.84 Å². The molecule has 0 spiro atoms. The standard InChI is InChI=1S/C12H14BNO2/c1-13(8-14)6-12-10-5-3-2-4-9(10)11(15)7-16-12/h2-5,11-12,15H,6-7H2,1H3.